The van der Waals surface area contributed by atoms with Gasteiger partial charge in [0.15, 0.2) is 0 Å². The van der Waals surface area contributed by atoms with E-state index in [1.54, 1.807) is 10.9 Å². The number of nitrogens with zero attached hydrogens (tertiary/aromatic N) is 4. The average Bonchev–Trinajstić information content (AvgIpc) is 2.51. The Bertz CT molecular complexity index is 285. The highest BCUT2D eigenvalue weighted by Crippen LogP contribution is 2.17. The van der Waals surface area contributed by atoms with E-state index in [0.717, 1.165) is 25.2 Å². The highest BCUT2D eigenvalue weighted by atomic mass is 16.3. The summed E-state index contributed by atoms with van der Waals surface area (Å²) in [4.78, 5) is 2.12. The van der Waals surface area contributed by atoms with Crippen LogP contribution in [-0.2, 0) is 7.05 Å². The SMILES string of the molecule is Cn1nncc1N1CCC[C@H](O)C1. The second-order valence-electron chi connectivity index (χ2n) is 3.46. The van der Waals surface area contributed by atoms with Crippen molar-refractivity contribution in [1.29, 1.82) is 0 Å². The number of β-amino-alcohol motifs (C(OH)–C–C–N with tert-alkyl or cyclic N) is 1. The molecule has 2 rings (SSSR count). The van der Waals surface area contributed by atoms with Gasteiger partial charge >= 0.3 is 0 Å². The fourth-order valence-corrected chi connectivity index (χ4v) is 1.73. The van der Waals surface area contributed by atoms with Gasteiger partial charge in [-0.1, -0.05) is 5.21 Å². The molecule has 1 aromatic rings. The molecule has 0 unspecified atom stereocenters. The standard InChI is InChI=1S/C8H14N4O/c1-11-8(5-9-10-11)12-4-2-3-7(13)6-12/h5,7,13H,2-4,6H2,1H3/t7-/m0/s1. The maximum absolute atomic E-state index is 9.48. The molecule has 0 spiro atoms. The van der Waals surface area contributed by atoms with Crippen LogP contribution in [0.2, 0.25) is 0 Å². The molecule has 1 aromatic heterocycles. The predicted molar refractivity (Wildman–Crippen MR) is 48.5 cm³/mol. The maximum atomic E-state index is 9.48. The van der Waals surface area contributed by atoms with E-state index in [0.29, 0.717) is 6.54 Å². The normalized spacial score (nSPS) is 23.5. The summed E-state index contributed by atoms with van der Waals surface area (Å²) in [7, 11) is 1.86. The zero-order valence-corrected chi connectivity index (χ0v) is 7.72. The molecule has 5 nitrogen and oxygen atoms in total. The topological polar surface area (TPSA) is 54.2 Å². The molecule has 0 amide bonds. The number of rotatable bonds is 1. The summed E-state index contributed by atoms with van der Waals surface area (Å²) >= 11 is 0. The van der Waals surface area contributed by atoms with Gasteiger partial charge in [-0.3, -0.25) is 0 Å². The van der Waals surface area contributed by atoms with Gasteiger partial charge in [0, 0.05) is 20.1 Å². The van der Waals surface area contributed by atoms with E-state index in [1.807, 2.05) is 7.05 Å². The van der Waals surface area contributed by atoms with Crippen molar-refractivity contribution < 1.29 is 5.11 Å². The number of aliphatic hydroxyl groups excluding tert-OH is 1. The number of aliphatic hydroxyl groups is 1. The molecular weight excluding hydrogens is 168 g/mol. The van der Waals surface area contributed by atoms with E-state index in [9.17, 15) is 5.11 Å². The molecule has 0 saturated carbocycles. The maximum Gasteiger partial charge on any atom is 0.147 e. The molecular formula is C8H14N4O. The Hall–Kier alpha value is -1.10. The van der Waals surface area contributed by atoms with Gasteiger partial charge in [-0.15, -0.1) is 5.10 Å². The van der Waals surface area contributed by atoms with Crippen molar-refractivity contribution in [2.45, 2.75) is 18.9 Å². The zero-order chi connectivity index (χ0) is 9.26. The number of hydrogen-bond donors (Lipinski definition) is 1. The van der Waals surface area contributed by atoms with Crippen LogP contribution >= 0.6 is 0 Å². The molecule has 2 heterocycles. The van der Waals surface area contributed by atoms with Gasteiger partial charge in [0.2, 0.25) is 0 Å². The summed E-state index contributed by atoms with van der Waals surface area (Å²) < 4.78 is 1.73. The molecule has 0 aliphatic carbocycles. The fourth-order valence-electron chi connectivity index (χ4n) is 1.73. The van der Waals surface area contributed by atoms with E-state index >= 15 is 0 Å². The first-order valence-electron chi connectivity index (χ1n) is 4.55. The largest absolute Gasteiger partial charge is 0.391 e. The molecule has 1 saturated heterocycles. The van der Waals surface area contributed by atoms with Crippen LogP contribution in [0.15, 0.2) is 6.20 Å². The summed E-state index contributed by atoms with van der Waals surface area (Å²) in [6.07, 6.45) is 3.47. The Morgan fingerprint density at radius 3 is 3.08 bits per heavy atom. The summed E-state index contributed by atoms with van der Waals surface area (Å²) in [5.41, 5.74) is 0. The van der Waals surface area contributed by atoms with Gasteiger partial charge in [0.25, 0.3) is 0 Å². The molecule has 0 bridgehead atoms. The van der Waals surface area contributed by atoms with Crippen LogP contribution in [0.1, 0.15) is 12.8 Å². The van der Waals surface area contributed by atoms with E-state index in [1.165, 1.54) is 0 Å². The van der Waals surface area contributed by atoms with Crippen LogP contribution in [0.4, 0.5) is 5.82 Å². The van der Waals surface area contributed by atoms with Gasteiger partial charge in [-0.25, -0.2) is 4.68 Å². The second-order valence-corrected chi connectivity index (χ2v) is 3.46. The summed E-state index contributed by atoms with van der Waals surface area (Å²) in [6.45, 7) is 1.68. The summed E-state index contributed by atoms with van der Waals surface area (Å²) in [6, 6.07) is 0. The number of piperidine rings is 1. The highest BCUT2D eigenvalue weighted by Gasteiger charge is 2.19. The predicted octanol–water partition coefficient (Wildman–Crippen LogP) is -0.224. The summed E-state index contributed by atoms with van der Waals surface area (Å²) in [5.74, 6) is 0.985. The van der Waals surface area contributed by atoms with Gasteiger partial charge < -0.3 is 10.0 Å². The molecule has 0 radical (unpaired) electrons. The van der Waals surface area contributed by atoms with Crippen molar-refractivity contribution in [1.82, 2.24) is 15.0 Å². The van der Waals surface area contributed by atoms with Crippen molar-refractivity contribution in [2.24, 2.45) is 7.05 Å². The second kappa shape index (κ2) is 3.33. The molecule has 1 fully saturated rings. The van der Waals surface area contributed by atoms with Crippen LogP contribution in [0, 0.1) is 0 Å². The number of aryl methyl sites for hydroxylation is 1. The Balaban J connectivity index is 2.12. The Labute approximate surface area is 77.0 Å². The van der Waals surface area contributed by atoms with E-state index < -0.39 is 0 Å². The van der Waals surface area contributed by atoms with Crippen molar-refractivity contribution in [3.05, 3.63) is 6.20 Å². The van der Waals surface area contributed by atoms with Crippen molar-refractivity contribution in [2.75, 3.05) is 18.0 Å². The molecule has 1 atom stereocenters. The van der Waals surface area contributed by atoms with Crippen LogP contribution in [0.25, 0.3) is 0 Å². The minimum atomic E-state index is -0.205. The van der Waals surface area contributed by atoms with Gasteiger partial charge in [-0.05, 0) is 12.8 Å². The lowest BCUT2D eigenvalue weighted by Crippen LogP contribution is -2.39. The molecule has 0 aromatic carbocycles. The van der Waals surface area contributed by atoms with Crippen LogP contribution in [0.3, 0.4) is 0 Å². The Morgan fingerprint density at radius 1 is 1.62 bits per heavy atom. The lowest BCUT2D eigenvalue weighted by molar-refractivity contribution is 0.153. The van der Waals surface area contributed by atoms with Crippen LogP contribution in [-0.4, -0.2) is 39.3 Å². The Morgan fingerprint density at radius 2 is 2.46 bits per heavy atom. The van der Waals surface area contributed by atoms with Gasteiger partial charge in [-0.2, -0.15) is 0 Å². The minimum absolute atomic E-state index is 0.205. The average molecular weight is 182 g/mol. The van der Waals surface area contributed by atoms with E-state index in [2.05, 4.69) is 15.2 Å². The third-order valence-electron chi connectivity index (χ3n) is 2.41. The molecule has 1 aliphatic heterocycles. The minimum Gasteiger partial charge on any atom is -0.391 e. The molecule has 5 heteroatoms. The van der Waals surface area contributed by atoms with Crippen molar-refractivity contribution in [3.8, 4) is 0 Å². The van der Waals surface area contributed by atoms with Crippen LogP contribution in [0.5, 0.6) is 0 Å². The number of hydrogen-bond acceptors (Lipinski definition) is 4. The smallest absolute Gasteiger partial charge is 0.147 e. The molecule has 1 N–H and O–H groups in total. The first-order chi connectivity index (χ1) is 6.27. The van der Waals surface area contributed by atoms with Crippen molar-refractivity contribution >= 4 is 5.82 Å². The zero-order valence-electron chi connectivity index (χ0n) is 7.72. The number of aromatic nitrogens is 3. The molecule has 1 aliphatic rings. The van der Waals surface area contributed by atoms with E-state index in [4.69, 9.17) is 0 Å². The number of anilines is 1. The third kappa shape index (κ3) is 1.65. The lowest BCUT2D eigenvalue weighted by atomic mass is 10.1. The lowest BCUT2D eigenvalue weighted by Gasteiger charge is -2.30. The summed E-state index contributed by atoms with van der Waals surface area (Å²) in [5, 5.41) is 17.1. The van der Waals surface area contributed by atoms with Gasteiger partial charge in [0.05, 0.1) is 12.3 Å². The first kappa shape index (κ1) is 8.50. The fraction of sp³-hybridized carbons (Fsp3) is 0.750. The third-order valence-corrected chi connectivity index (χ3v) is 2.41. The van der Waals surface area contributed by atoms with Gasteiger partial charge in [0.1, 0.15) is 5.82 Å². The Kier molecular flexibility index (Phi) is 2.18. The molecule has 72 valence electrons. The first-order valence-corrected chi connectivity index (χ1v) is 4.55. The molecule has 13 heavy (non-hydrogen) atoms. The monoisotopic (exact) mass is 182 g/mol. The van der Waals surface area contributed by atoms with Crippen LogP contribution < -0.4 is 4.90 Å². The quantitative estimate of drug-likeness (QED) is 0.652. The van der Waals surface area contributed by atoms with Crippen molar-refractivity contribution in [3.63, 3.8) is 0 Å². The highest BCUT2D eigenvalue weighted by molar-refractivity contribution is 5.36. The van der Waals surface area contributed by atoms with E-state index in [-0.39, 0.29) is 6.10 Å².